The average Bonchev–Trinajstić information content (AvgIpc) is 2.92. The largest absolute Gasteiger partial charge is 0.494 e. The van der Waals surface area contributed by atoms with Crippen LogP contribution in [0.4, 0.5) is 5.69 Å². The molecule has 1 N–H and O–H groups in total. The molecule has 2 amide bonds. The fraction of sp³-hybridized carbons (Fsp3) is 0.310. The van der Waals surface area contributed by atoms with Gasteiger partial charge in [0.2, 0.25) is 11.8 Å². The summed E-state index contributed by atoms with van der Waals surface area (Å²) in [5.74, 6) is -0.227. The predicted molar refractivity (Wildman–Crippen MR) is 148 cm³/mol. The van der Waals surface area contributed by atoms with Crippen molar-refractivity contribution in [3.05, 3.63) is 90.0 Å². The molecule has 0 saturated heterocycles. The van der Waals surface area contributed by atoms with Gasteiger partial charge in [-0.05, 0) is 69.7 Å². The molecule has 1 atom stereocenters. The molecule has 0 aromatic heterocycles. The standard InChI is InChI=1S/C29H35N3O5S/c1-5-30-29(34)23(4)31(20-24-14-12-22(3)13-15-24)28(33)21-32(25-16-18-26(19-17-25)37-6-2)38(35,36)27-10-8-7-9-11-27/h7-19,23H,5-6,20-21H2,1-4H3,(H,30,34)/t23-/m1/s1. The first-order valence-electron chi connectivity index (χ1n) is 12.6. The zero-order valence-electron chi connectivity index (χ0n) is 22.3. The molecule has 0 aliphatic carbocycles. The smallest absolute Gasteiger partial charge is 0.264 e. The van der Waals surface area contributed by atoms with Gasteiger partial charge in [-0.3, -0.25) is 13.9 Å². The first-order valence-corrected chi connectivity index (χ1v) is 14.0. The van der Waals surface area contributed by atoms with Gasteiger partial charge >= 0.3 is 0 Å². The van der Waals surface area contributed by atoms with E-state index in [2.05, 4.69) is 5.32 Å². The van der Waals surface area contributed by atoms with E-state index in [1.807, 2.05) is 38.1 Å². The van der Waals surface area contributed by atoms with Crippen LogP contribution in [0.2, 0.25) is 0 Å². The zero-order chi connectivity index (χ0) is 27.7. The van der Waals surface area contributed by atoms with Gasteiger partial charge in [0.1, 0.15) is 18.3 Å². The van der Waals surface area contributed by atoms with Crippen LogP contribution in [-0.4, -0.2) is 50.9 Å². The summed E-state index contributed by atoms with van der Waals surface area (Å²) >= 11 is 0. The summed E-state index contributed by atoms with van der Waals surface area (Å²) in [7, 11) is -4.10. The van der Waals surface area contributed by atoms with E-state index in [0.717, 1.165) is 15.4 Å². The lowest BCUT2D eigenvalue weighted by Gasteiger charge is -2.32. The van der Waals surface area contributed by atoms with Crippen molar-refractivity contribution in [3.8, 4) is 5.75 Å². The molecule has 0 heterocycles. The number of carbonyl (C=O) groups excluding carboxylic acids is 2. The van der Waals surface area contributed by atoms with Crippen LogP contribution in [0.15, 0.2) is 83.8 Å². The third kappa shape index (κ3) is 7.13. The molecule has 9 heteroatoms. The van der Waals surface area contributed by atoms with E-state index in [4.69, 9.17) is 4.74 Å². The number of sulfonamides is 1. The molecule has 0 aliphatic rings. The van der Waals surface area contributed by atoms with Crippen molar-refractivity contribution in [1.82, 2.24) is 10.2 Å². The Balaban J connectivity index is 2.01. The second kappa shape index (κ2) is 13.1. The summed E-state index contributed by atoms with van der Waals surface area (Å²) in [6.45, 7) is 7.82. The third-order valence-corrected chi connectivity index (χ3v) is 7.83. The molecule has 0 bridgehead atoms. The molecule has 8 nitrogen and oxygen atoms in total. The van der Waals surface area contributed by atoms with Gasteiger partial charge in [-0.1, -0.05) is 48.0 Å². The van der Waals surface area contributed by atoms with Gasteiger partial charge in [-0.2, -0.15) is 0 Å². The Morgan fingerprint density at radius 3 is 2.13 bits per heavy atom. The van der Waals surface area contributed by atoms with Crippen LogP contribution in [0.25, 0.3) is 0 Å². The lowest BCUT2D eigenvalue weighted by atomic mass is 10.1. The van der Waals surface area contributed by atoms with Crippen LogP contribution in [0.1, 0.15) is 31.9 Å². The van der Waals surface area contributed by atoms with Crippen LogP contribution in [0.3, 0.4) is 0 Å². The average molecular weight is 538 g/mol. The first-order chi connectivity index (χ1) is 18.2. The van der Waals surface area contributed by atoms with Gasteiger partial charge in [0.25, 0.3) is 10.0 Å². The summed E-state index contributed by atoms with van der Waals surface area (Å²) < 4.78 is 34.1. The molecule has 0 unspecified atom stereocenters. The van der Waals surface area contributed by atoms with Gasteiger partial charge < -0.3 is 15.0 Å². The number of benzene rings is 3. The van der Waals surface area contributed by atoms with E-state index < -0.39 is 28.5 Å². The van der Waals surface area contributed by atoms with E-state index in [1.54, 1.807) is 56.3 Å². The minimum absolute atomic E-state index is 0.0588. The van der Waals surface area contributed by atoms with E-state index in [9.17, 15) is 18.0 Å². The number of hydrogen-bond donors (Lipinski definition) is 1. The summed E-state index contributed by atoms with van der Waals surface area (Å²) in [6.07, 6.45) is 0. The van der Waals surface area contributed by atoms with Gasteiger partial charge in [0.05, 0.1) is 17.2 Å². The maximum atomic E-state index is 13.8. The maximum absolute atomic E-state index is 13.8. The minimum atomic E-state index is -4.10. The normalized spacial score (nSPS) is 11.9. The van der Waals surface area contributed by atoms with Crippen molar-refractivity contribution >= 4 is 27.5 Å². The van der Waals surface area contributed by atoms with Crippen LogP contribution in [0.5, 0.6) is 5.75 Å². The molecule has 0 radical (unpaired) electrons. The molecular formula is C29H35N3O5S. The molecular weight excluding hydrogens is 502 g/mol. The van der Waals surface area contributed by atoms with Crippen molar-refractivity contribution in [1.29, 1.82) is 0 Å². The molecule has 38 heavy (non-hydrogen) atoms. The molecule has 3 rings (SSSR count). The topological polar surface area (TPSA) is 96.0 Å². The van der Waals surface area contributed by atoms with Crippen LogP contribution < -0.4 is 14.4 Å². The molecule has 3 aromatic rings. The number of anilines is 1. The molecule has 0 aliphatic heterocycles. The Morgan fingerprint density at radius 1 is 0.921 bits per heavy atom. The Labute approximate surface area is 225 Å². The second-order valence-corrected chi connectivity index (χ2v) is 10.7. The van der Waals surface area contributed by atoms with Crippen molar-refractivity contribution in [3.63, 3.8) is 0 Å². The number of nitrogens with zero attached hydrogens (tertiary/aromatic N) is 2. The van der Waals surface area contributed by atoms with Crippen molar-refractivity contribution < 1.29 is 22.7 Å². The summed E-state index contributed by atoms with van der Waals surface area (Å²) in [5, 5.41) is 2.76. The van der Waals surface area contributed by atoms with Crippen molar-refractivity contribution in [2.24, 2.45) is 0 Å². The number of ether oxygens (including phenoxy) is 1. The van der Waals surface area contributed by atoms with E-state index in [1.165, 1.54) is 17.0 Å². The van der Waals surface area contributed by atoms with Crippen LogP contribution in [-0.2, 0) is 26.2 Å². The number of hydrogen-bond acceptors (Lipinski definition) is 5. The van der Waals surface area contributed by atoms with Crippen LogP contribution in [0, 0.1) is 6.92 Å². The van der Waals surface area contributed by atoms with Gasteiger partial charge in [0, 0.05) is 13.1 Å². The number of carbonyl (C=O) groups is 2. The van der Waals surface area contributed by atoms with Gasteiger partial charge in [-0.15, -0.1) is 0 Å². The highest BCUT2D eigenvalue weighted by Crippen LogP contribution is 2.26. The SMILES string of the molecule is CCNC(=O)[C@@H](C)N(Cc1ccc(C)cc1)C(=O)CN(c1ccc(OCC)cc1)S(=O)(=O)c1ccccc1. The number of aryl methyl sites for hydroxylation is 1. The Morgan fingerprint density at radius 2 is 1.55 bits per heavy atom. The Bertz CT molecular complexity index is 1310. The molecule has 202 valence electrons. The molecule has 3 aromatic carbocycles. The number of nitrogens with one attached hydrogen (secondary N) is 1. The number of amides is 2. The van der Waals surface area contributed by atoms with E-state index in [-0.39, 0.29) is 17.3 Å². The molecule has 0 saturated carbocycles. The second-order valence-electron chi connectivity index (χ2n) is 8.83. The fourth-order valence-corrected chi connectivity index (χ4v) is 5.35. The third-order valence-electron chi connectivity index (χ3n) is 6.04. The van der Waals surface area contributed by atoms with Crippen molar-refractivity contribution in [2.45, 2.75) is 45.2 Å². The summed E-state index contributed by atoms with van der Waals surface area (Å²) in [6, 6.07) is 21.3. The van der Waals surface area contributed by atoms with Gasteiger partial charge in [0.15, 0.2) is 0 Å². The monoisotopic (exact) mass is 537 g/mol. The van der Waals surface area contributed by atoms with E-state index >= 15 is 0 Å². The van der Waals surface area contributed by atoms with Gasteiger partial charge in [-0.25, -0.2) is 8.42 Å². The summed E-state index contributed by atoms with van der Waals surface area (Å²) in [4.78, 5) is 28.0. The predicted octanol–water partition coefficient (Wildman–Crippen LogP) is 4.14. The highest BCUT2D eigenvalue weighted by Gasteiger charge is 2.32. The number of rotatable bonds is 12. The van der Waals surface area contributed by atoms with Crippen molar-refractivity contribution in [2.75, 3.05) is 24.0 Å². The maximum Gasteiger partial charge on any atom is 0.264 e. The lowest BCUT2D eigenvalue weighted by Crippen LogP contribution is -2.51. The lowest BCUT2D eigenvalue weighted by molar-refractivity contribution is -0.139. The first kappa shape index (κ1) is 28.7. The molecule has 0 spiro atoms. The molecule has 0 fully saturated rings. The Kier molecular flexibility index (Phi) is 9.90. The number of likely N-dealkylation sites (N-methyl/N-ethyl adjacent to an activating group) is 1. The zero-order valence-corrected chi connectivity index (χ0v) is 23.1. The highest BCUT2D eigenvalue weighted by molar-refractivity contribution is 7.92. The summed E-state index contributed by atoms with van der Waals surface area (Å²) in [5.41, 5.74) is 2.21. The minimum Gasteiger partial charge on any atom is -0.494 e. The fourth-order valence-electron chi connectivity index (χ4n) is 3.92. The Hall–Kier alpha value is -3.85. The highest BCUT2D eigenvalue weighted by atomic mass is 32.2. The van der Waals surface area contributed by atoms with Crippen LogP contribution >= 0.6 is 0 Å². The quantitative estimate of drug-likeness (QED) is 0.375. The van der Waals surface area contributed by atoms with E-state index in [0.29, 0.717) is 24.6 Å².